The van der Waals surface area contributed by atoms with Crippen LogP contribution in [0.15, 0.2) is 10.7 Å². The predicted molar refractivity (Wildman–Crippen MR) is 112 cm³/mol. The number of amides is 1. The summed E-state index contributed by atoms with van der Waals surface area (Å²) >= 11 is 4.99. The van der Waals surface area contributed by atoms with Gasteiger partial charge in [0.05, 0.1) is 15.7 Å². The highest BCUT2D eigenvalue weighted by atomic mass is 79.9. The summed E-state index contributed by atoms with van der Waals surface area (Å²) in [6.07, 6.45) is 4.78. The summed E-state index contributed by atoms with van der Waals surface area (Å²) in [5.41, 5.74) is 2.86. The first-order valence-electron chi connectivity index (χ1n) is 9.18. The maximum absolute atomic E-state index is 12.7. The Morgan fingerprint density at radius 3 is 2.78 bits per heavy atom. The molecule has 1 aliphatic carbocycles. The molecule has 2 aromatic rings. The van der Waals surface area contributed by atoms with E-state index in [4.69, 9.17) is 0 Å². The van der Waals surface area contributed by atoms with E-state index in [0.717, 1.165) is 35.0 Å². The van der Waals surface area contributed by atoms with Crippen LogP contribution in [0.3, 0.4) is 0 Å². The number of hydrogen-bond acceptors (Lipinski definition) is 4. The highest BCUT2D eigenvalue weighted by Crippen LogP contribution is 2.44. The number of nitriles is 1. The Labute approximate surface area is 172 Å². The van der Waals surface area contributed by atoms with Gasteiger partial charge in [-0.15, -0.1) is 11.3 Å². The molecule has 27 heavy (non-hydrogen) atoms. The van der Waals surface area contributed by atoms with Crippen molar-refractivity contribution >= 4 is 38.2 Å². The quantitative estimate of drug-likeness (QED) is 0.697. The van der Waals surface area contributed by atoms with Crippen LogP contribution in [-0.4, -0.2) is 15.7 Å². The number of nitrogens with one attached hydrogen (secondary N) is 1. The van der Waals surface area contributed by atoms with Crippen molar-refractivity contribution in [3.63, 3.8) is 0 Å². The zero-order valence-corrected chi connectivity index (χ0v) is 18.8. The fraction of sp³-hybridized carbons (Fsp3) is 0.550. The topological polar surface area (TPSA) is 70.7 Å². The van der Waals surface area contributed by atoms with Gasteiger partial charge >= 0.3 is 0 Å². The van der Waals surface area contributed by atoms with Gasteiger partial charge in [-0.25, -0.2) is 0 Å². The Morgan fingerprint density at radius 2 is 2.22 bits per heavy atom. The molecule has 1 amide bonds. The van der Waals surface area contributed by atoms with Crippen LogP contribution in [0.2, 0.25) is 0 Å². The Hall–Kier alpha value is -1.65. The molecule has 1 aliphatic rings. The van der Waals surface area contributed by atoms with E-state index in [2.05, 4.69) is 53.2 Å². The first-order chi connectivity index (χ1) is 12.6. The number of thiophene rings is 1. The van der Waals surface area contributed by atoms with Gasteiger partial charge in [-0.05, 0) is 65.9 Å². The van der Waals surface area contributed by atoms with Gasteiger partial charge in [0.1, 0.15) is 17.1 Å². The molecule has 0 saturated heterocycles. The lowest BCUT2D eigenvalue weighted by molar-refractivity contribution is -0.119. The Balaban J connectivity index is 1.82. The molecule has 144 valence electrons. The van der Waals surface area contributed by atoms with Gasteiger partial charge in [-0.2, -0.15) is 10.4 Å². The van der Waals surface area contributed by atoms with Crippen LogP contribution < -0.4 is 5.32 Å². The van der Waals surface area contributed by atoms with E-state index in [9.17, 15) is 10.1 Å². The van der Waals surface area contributed by atoms with E-state index in [1.807, 2.05) is 13.8 Å². The third-order valence-corrected chi connectivity index (χ3v) is 7.42. The number of aryl methyl sites for hydroxylation is 1. The third-order valence-electron chi connectivity index (χ3n) is 5.47. The van der Waals surface area contributed by atoms with E-state index in [1.165, 1.54) is 4.88 Å². The van der Waals surface area contributed by atoms with Crippen molar-refractivity contribution in [1.29, 1.82) is 5.26 Å². The molecule has 2 aromatic heterocycles. The number of anilines is 1. The molecular weight excluding hydrogens is 424 g/mol. The highest BCUT2D eigenvalue weighted by Gasteiger charge is 2.32. The predicted octanol–water partition coefficient (Wildman–Crippen LogP) is 5.24. The number of halogens is 1. The molecule has 0 spiro atoms. The molecule has 5 nitrogen and oxygen atoms in total. The molecule has 2 atom stereocenters. The van der Waals surface area contributed by atoms with Crippen LogP contribution in [0.1, 0.15) is 61.9 Å². The molecule has 0 radical (unpaired) electrons. The average Bonchev–Trinajstić information content (AvgIpc) is 3.11. The minimum absolute atomic E-state index is 0.160. The van der Waals surface area contributed by atoms with Crippen LogP contribution in [0, 0.1) is 29.6 Å². The normalized spacial score (nSPS) is 17.9. The maximum Gasteiger partial charge on any atom is 0.249 e. The summed E-state index contributed by atoms with van der Waals surface area (Å²) in [6, 6.07) is 1.86. The number of carbonyl (C=O) groups is 1. The zero-order chi connectivity index (χ0) is 19.9. The van der Waals surface area contributed by atoms with E-state index in [0.29, 0.717) is 16.5 Å². The van der Waals surface area contributed by atoms with Crippen LogP contribution in [-0.2, 0) is 17.6 Å². The molecule has 1 N–H and O–H groups in total. The molecule has 0 aromatic carbocycles. The van der Waals surface area contributed by atoms with E-state index >= 15 is 0 Å². The summed E-state index contributed by atoms with van der Waals surface area (Å²) in [4.78, 5) is 14.0. The number of aromatic nitrogens is 2. The molecule has 0 fully saturated rings. The van der Waals surface area contributed by atoms with E-state index in [-0.39, 0.29) is 11.3 Å². The summed E-state index contributed by atoms with van der Waals surface area (Å²) in [7, 11) is 0. The van der Waals surface area contributed by atoms with Crippen LogP contribution >= 0.6 is 27.3 Å². The van der Waals surface area contributed by atoms with E-state index < -0.39 is 6.04 Å². The SMILES string of the molecule is Cc1nn([C@@H](C)C(=O)Nc2sc3c(c2C#N)CC[C@@H](C(C)(C)C)C3)cc1Br. The summed E-state index contributed by atoms with van der Waals surface area (Å²) in [6.45, 7) is 10.5. The van der Waals surface area contributed by atoms with Gasteiger partial charge in [0.2, 0.25) is 5.91 Å². The van der Waals surface area contributed by atoms with Gasteiger partial charge in [0.25, 0.3) is 0 Å². The second kappa shape index (κ2) is 7.40. The van der Waals surface area contributed by atoms with Crippen molar-refractivity contribution in [2.45, 2.75) is 59.9 Å². The van der Waals surface area contributed by atoms with Gasteiger partial charge in [0.15, 0.2) is 0 Å². The molecule has 3 rings (SSSR count). The van der Waals surface area contributed by atoms with Crippen molar-refractivity contribution < 1.29 is 4.79 Å². The Morgan fingerprint density at radius 1 is 1.52 bits per heavy atom. The van der Waals surface area contributed by atoms with Gasteiger partial charge < -0.3 is 5.32 Å². The van der Waals surface area contributed by atoms with Crippen molar-refractivity contribution in [1.82, 2.24) is 9.78 Å². The Kier molecular flexibility index (Phi) is 5.51. The smallest absolute Gasteiger partial charge is 0.249 e. The minimum Gasteiger partial charge on any atom is -0.315 e. The lowest BCUT2D eigenvalue weighted by Gasteiger charge is -2.33. The standard InChI is InChI=1S/C20H25BrN4OS/c1-11-16(21)10-25(24-11)12(2)18(26)23-19-15(9-22)14-7-6-13(20(3,4)5)8-17(14)27-19/h10,12-13H,6-8H2,1-5H3,(H,23,26)/t12-,13+/m0/s1. The van der Waals surface area contributed by atoms with Crippen LogP contribution in [0.4, 0.5) is 5.00 Å². The second-order valence-electron chi connectivity index (χ2n) is 8.33. The number of carbonyl (C=O) groups excluding carboxylic acids is 1. The lowest BCUT2D eigenvalue weighted by atomic mass is 9.72. The molecule has 0 unspecified atom stereocenters. The number of rotatable bonds is 3. The number of nitrogens with zero attached hydrogens (tertiary/aromatic N) is 3. The first kappa shape index (κ1) is 20.1. The fourth-order valence-corrected chi connectivity index (χ4v) is 5.10. The molecule has 7 heteroatoms. The zero-order valence-electron chi connectivity index (χ0n) is 16.4. The van der Waals surface area contributed by atoms with Crippen LogP contribution in [0.5, 0.6) is 0 Å². The molecule has 2 heterocycles. The fourth-order valence-electron chi connectivity index (χ4n) is 3.53. The van der Waals surface area contributed by atoms with Gasteiger partial charge in [0, 0.05) is 11.1 Å². The first-order valence-corrected chi connectivity index (χ1v) is 10.8. The summed E-state index contributed by atoms with van der Waals surface area (Å²) in [5.74, 6) is 0.439. The highest BCUT2D eigenvalue weighted by molar-refractivity contribution is 9.10. The molecule has 0 bridgehead atoms. The summed E-state index contributed by atoms with van der Waals surface area (Å²) < 4.78 is 2.52. The Bertz CT molecular complexity index is 896. The largest absolute Gasteiger partial charge is 0.315 e. The van der Waals surface area contributed by atoms with Gasteiger partial charge in [-0.3, -0.25) is 9.48 Å². The average molecular weight is 449 g/mol. The molecule has 0 aliphatic heterocycles. The minimum atomic E-state index is -0.456. The lowest BCUT2D eigenvalue weighted by Crippen LogP contribution is -2.26. The molecule has 0 saturated carbocycles. The van der Waals surface area contributed by atoms with Gasteiger partial charge in [-0.1, -0.05) is 20.8 Å². The van der Waals surface area contributed by atoms with Crippen molar-refractivity contribution in [2.75, 3.05) is 5.32 Å². The summed E-state index contributed by atoms with van der Waals surface area (Å²) in [5, 5.41) is 17.7. The number of hydrogen-bond donors (Lipinski definition) is 1. The van der Waals surface area contributed by atoms with Crippen LogP contribution in [0.25, 0.3) is 0 Å². The molecular formula is C20H25BrN4OS. The maximum atomic E-state index is 12.7. The third kappa shape index (κ3) is 3.97. The number of fused-ring (bicyclic) bond motifs is 1. The van der Waals surface area contributed by atoms with Crippen molar-refractivity contribution in [3.05, 3.63) is 32.4 Å². The van der Waals surface area contributed by atoms with Crippen molar-refractivity contribution in [2.24, 2.45) is 11.3 Å². The van der Waals surface area contributed by atoms with E-state index in [1.54, 1.807) is 22.2 Å². The second-order valence-corrected chi connectivity index (χ2v) is 10.3. The van der Waals surface area contributed by atoms with Crippen molar-refractivity contribution in [3.8, 4) is 6.07 Å². The monoisotopic (exact) mass is 448 g/mol.